The van der Waals surface area contributed by atoms with Gasteiger partial charge in [0.05, 0.1) is 19.3 Å². The number of esters is 1. The van der Waals surface area contributed by atoms with Crippen molar-refractivity contribution in [2.24, 2.45) is 0 Å². The SMILES string of the molecule is CCOC(=O)c1c(C)n(Cc2n[nH]c(=S)o2)c2ccc(OC)cc12. The van der Waals surface area contributed by atoms with Crippen LogP contribution in [0.2, 0.25) is 0 Å². The van der Waals surface area contributed by atoms with Gasteiger partial charge in [0.2, 0.25) is 5.89 Å². The lowest BCUT2D eigenvalue weighted by Gasteiger charge is -2.06. The highest BCUT2D eigenvalue weighted by atomic mass is 32.1. The summed E-state index contributed by atoms with van der Waals surface area (Å²) in [7, 11) is 1.59. The predicted octanol–water partition coefficient (Wildman–Crippen LogP) is 3.23. The van der Waals surface area contributed by atoms with Gasteiger partial charge in [0.15, 0.2) is 0 Å². The van der Waals surface area contributed by atoms with Crippen molar-refractivity contribution in [1.82, 2.24) is 14.8 Å². The summed E-state index contributed by atoms with van der Waals surface area (Å²) in [5.74, 6) is 0.739. The lowest BCUT2D eigenvalue weighted by molar-refractivity contribution is 0.0527. The van der Waals surface area contributed by atoms with E-state index in [1.807, 2.05) is 29.7 Å². The second kappa shape index (κ2) is 6.48. The van der Waals surface area contributed by atoms with Gasteiger partial charge in [-0.1, -0.05) is 0 Å². The fourth-order valence-electron chi connectivity index (χ4n) is 2.72. The number of ether oxygens (including phenoxy) is 2. The van der Waals surface area contributed by atoms with Crippen molar-refractivity contribution in [3.8, 4) is 5.75 Å². The van der Waals surface area contributed by atoms with Crippen molar-refractivity contribution in [2.75, 3.05) is 13.7 Å². The van der Waals surface area contributed by atoms with Crippen LogP contribution < -0.4 is 4.74 Å². The van der Waals surface area contributed by atoms with Gasteiger partial charge in [0, 0.05) is 16.6 Å². The molecule has 8 heteroatoms. The van der Waals surface area contributed by atoms with Crippen LogP contribution in [0, 0.1) is 11.8 Å². The van der Waals surface area contributed by atoms with Crippen LogP contribution in [0.4, 0.5) is 0 Å². The number of carbonyl (C=O) groups excluding carboxylic acids is 1. The zero-order chi connectivity index (χ0) is 17.3. The van der Waals surface area contributed by atoms with Crippen LogP contribution in [0.25, 0.3) is 10.9 Å². The van der Waals surface area contributed by atoms with Crippen molar-refractivity contribution in [3.63, 3.8) is 0 Å². The zero-order valence-electron chi connectivity index (χ0n) is 13.6. The number of aromatic amines is 1. The van der Waals surface area contributed by atoms with E-state index in [9.17, 15) is 4.79 Å². The number of nitrogens with one attached hydrogen (secondary N) is 1. The molecule has 0 atom stereocenters. The van der Waals surface area contributed by atoms with E-state index in [0.717, 1.165) is 16.6 Å². The Balaban J connectivity index is 2.19. The number of fused-ring (bicyclic) bond motifs is 1. The van der Waals surface area contributed by atoms with Gasteiger partial charge in [0.1, 0.15) is 12.3 Å². The molecule has 1 aromatic carbocycles. The molecule has 1 N–H and O–H groups in total. The molecule has 2 heterocycles. The van der Waals surface area contributed by atoms with Crippen molar-refractivity contribution in [1.29, 1.82) is 0 Å². The Hall–Kier alpha value is -2.61. The first kappa shape index (κ1) is 16.3. The third kappa shape index (κ3) is 2.80. The smallest absolute Gasteiger partial charge is 0.340 e. The second-order valence-electron chi connectivity index (χ2n) is 5.16. The maximum atomic E-state index is 12.4. The molecule has 24 heavy (non-hydrogen) atoms. The van der Waals surface area contributed by atoms with Crippen LogP contribution >= 0.6 is 12.2 Å². The molecule has 3 aromatic rings. The van der Waals surface area contributed by atoms with E-state index in [1.54, 1.807) is 14.0 Å². The molecular weight excluding hydrogens is 330 g/mol. The van der Waals surface area contributed by atoms with Crippen molar-refractivity contribution >= 4 is 29.1 Å². The average Bonchev–Trinajstić information content (AvgIpc) is 3.09. The monoisotopic (exact) mass is 347 g/mol. The van der Waals surface area contributed by atoms with E-state index in [0.29, 0.717) is 30.4 Å². The molecule has 0 radical (unpaired) electrons. The Morgan fingerprint density at radius 3 is 2.88 bits per heavy atom. The molecular formula is C16H17N3O4S. The summed E-state index contributed by atoms with van der Waals surface area (Å²) in [6, 6.07) is 5.56. The van der Waals surface area contributed by atoms with E-state index >= 15 is 0 Å². The van der Waals surface area contributed by atoms with Gasteiger partial charge in [-0.2, -0.15) is 0 Å². The number of aromatic nitrogens is 3. The molecule has 3 rings (SSSR count). The zero-order valence-corrected chi connectivity index (χ0v) is 14.4. The summed E-state index contributed by atoms with van der Waals surface area (Å²) < 4.78 is 17.8. The molecule has 126 valence electrons. The highest BCUT2D eigenvalue weighted by Crippen LogP contribution is 2.30. The molecule has 0 spiro atoms. The molecule has 0 saturated carbocycles. The first-order chi connectivity index (χ1) is 11.5. The summed E-state index contributed by atoms with van der Waals surface area (Å²) >= 11 is 4.91. The Morgan fingerprint density at radius 1 is 1.46 bits per heavy atom. The molecule has 0 amide bonds. The minimum absolute atomic E-state index is 0.214. The Morgan fingerprint density at radius 2 is 2.25 bits per heavy atom. The third-order valence-electron chi connectivity index (χ3n) is 3.79. The van der Waals surface area contributed by atoms with Crippen LogP contribution in [0.15, 0.2) is 22.6 Å². The van der Waals surface area contributed by atoms with Crippen LogP contribution in [-0.4, -0.2) is 34.5 Å². The van der Waals surface area contributed by atoms with Crippen molar-refractivity contribution < 1.29 is 18.7 Å². The fraction of sp³-hybridized carbons (Fsp3) is 0.312. The normalized spacial score (nSPS) is 11.0. The molecule has 7 nitrogen and oxygen atoms in total. The molecule has 0 fully saturated rings. The Kier molecular flexibility index (Phi) is 4.39. The molecule has 0 aliphatic rings. The van der Waals surface area contributed by atoms with Gasteiger partial charge in [-0.05, 0) is 44.3 Å². The summed E-state index contributed by atoms with van der Waals surface area (Å²) in [6.45, 7) is 4.30. The number of nitrogens with zero attached hydrogens (tertiary/aromatic N) is 2. The largest absolute Gasteiger partial charge is 0.497 e. The lowest BCUT2D eigenvalue weighted by Crippen LogP contribution is -2.08. The van der Waals surface area contributed by atoms with E-state index in [-0.39, 0.29) is 10.8 Å². The van der Waals surface area contributed by atoms with Gasteiger partial charge < -0.3 is 18.5 Å². The number of benzene rings is 1. The second-order valence-corrected chi connectivity index (χ2v) is 5.53. The van der Waals surface area contributed by atoms with E-state index in [1.165, 1.54) is 0 Å². The fourth-order valence-corrected chi connectivity index (χ4v) is 2.86. The quantitative estimate of drug-likeness (QED) is 0.564. The summed E-state index contributed by atoms with van der Waals surface area (Å²) in [5, 5.41) is 7.39. The minimum Gasteiger partial charge on any atom is -0.497 e. The Bertz CT molecular complexity index is 954. The summed E-state index contributed by atoms with van der Waals surface area (Å²) in [6.07, 6.45) is 0. The summed E-state index contributed by atoms with van der Waals surface area (Å²) in [4.78, 5) is 12.6. The van der Waals surface area contributed by atoms with Gasteiger partial charge in [-0.15, -0.1) is 5.10 Å². The van der Waals surface area contributed by atoms with Crippen LogP contribution in [0.3, 0.4) is 0 Å². The van der Waals surface area contributed by atoms with E-state index in [2.05, 4.69) is 10.2 Å². The standard InChI is InChI=1S/C16H17N3O4S/c1-4-22-15(20)14-9(2)19(8-13-17-18-16(24)23-13)12-6-5-10(21-3)7-11(12)14/h5-7H,4,8H2,1-3H3,(H,18,24). The van der Waals surface area contributed by atoms with Crippen molar-refractivity contribution in [3.05, 3.63) is 40.2 Å². The van der Waals surface area contributed by atoms with E-state index < -0.39 is 0 Å². The van der Waals surface area contributed by atoms with Gasteiger partial charge in [-0.25, -0.2) is 9.89 Å². The molecule has 0 aliphatic heterocycles. The van der Waals surface area contributed by atoms with Gasteiger partial charge in [0.25, 0.3) is 4.84 Å². The molecule has 0 aliphatic carbocycles. The lowest BCUT2D eigenvalue weighted by atomic mass is 10.1. The number of hydrogen-bond acceptors (Lipinski definition) is 6. The average molecular weight is 347 g/mol. The van der Waals surface area contributed by atoms with Gasteiger partial charge in [-0.3, -0.25) is 0 Å². The highest BCUT2D eigenvalue weighted by Gasteiger charge is 2.22. The predicted molar refractivity (Wildman–Crippen MR) is 90.0 cm³/mol. The van der Waals surface area contributed by atoms with Crippen molar-refractivity contribution in [2.45, 2.75) is 20.4 Å². The maximum absolute atomic E-state index is 12.4. The highest BCUT2D eigenvalue weighted by molar-refractivity contribution is 7.71. The third-order valence-corrected chi connectivity index (χ3v) is 3.96. The molecule has 0 saturated heterocycles. The van der Waals surface area contributed by atoms with Crippen LogP contribution in [-0.2, 0) is 11.3 Å². The first-order valence-electron chi connectivity index (χ1n) is 7.43. The molecule has 0 bridgehead atoms. The molecule has 0 unspecified atom stereocenters. The number of hydrogen-bond donors (Lipinski definition) is 1. The van der Waals surface area contributed by atoms with Crippen LogP contribution in [0.5, 0.6) is 5.75 Å². The van der Waals surface area contributed by atoms with E-state index in [4.69, 9.17) is 26.1 Å². The molecule has 2 aromatic heterocycles. The Labute approximate surface area is 143 Å². The van der Waals surface area contributed by atoms with Gasteiger partial charge >= 0.3 is 5.97 Å². The minimum atomic E-state index is -0.366. The van der Waals surface area contributed by atoms with Crippen LogP contribution in [0.1, 0.15) is 28.9 Å². The number of carbonyl (C=O) groups is 1. The summed E-state index contributed by atoms with van der Waals surface area (Å²) in [5.41, 5.74) is 2.14. The number of H-pyrrole nitrogens is 1. The number of methoxy groups -OCH3 is 1. The first-order valence-corrected chi connectivity index (χ1v) is 7.84. The topological polar surface area (TPSA) is 82.3 Å². The number of rotatable bonds is 5. The maximum Gasteiger partial charge on any atom is 0.340 e.